The SMILES string of the molecule is COc1ccc(-c2n[nH]c3c2C(c2ccccc2F)N(c2ccccc2)C3=O)cc1. The first-order chi connectivity index (χ1) is 14.7. The minimum Gasteiger partial charge on any atom is -0.497 e. The van der Waals surface area contributed by atoms with Crippen molar-refractivity contribution in [3.63, 3.8) is 0 Å². The van der Waals surface area contributed by atoms with E-state index in [1.54, 1.807) is 30.2 Å². The number of halogens is 1. The largest absolute Gasteiger partial charge is 0.497 e. The maximum Gasteiger partial charge on any atom is 0.277 e. The molecule has 30 heavy (non-hydrogen) atoms. The summed E-state index contributed by atoms with van der Waals surface area (Å²) in [6.45, 7) is 0. The number of benzene rings is 3. The standard InChI is InChI=1S/C24H18FN3O2/c1-30-17-13-11-15(12-14-17)21-20-22(27-26-21)24(29)28(16-7-3-2-4-8-16)23(20)18-9-5-6-10-19(18)25/h2-14,23H,1H3,(H,26,27). The monoisotopic (exact) mass is 399 g/mol. The quantitative estimate of drug-likeness (QED) is 0.527. The Bertz CT molecular complexity index is 1220. The number of anilines is 1. The molecule has 3 aromatic carbocycles. The van der Waals surface area contributed by atoms with Gasteiger partial charge in [-0.15, -0.1) is 0 Å². The van der Waals surface area contributed by atoms with Crippen molar-refractivity contribution in [3.8, 4) is 17.0 Å². The van der Waals surface area contributed by atoms with E-state index in [0.29, 0.717) is 28.2 Å². The fraction of sp³-hybridized carbons (Fsp3) is 0.0833. The highest BCUT2D eigenvalue weighted by Crippen LogP contribution is 2.45. The van der Waals surface area contributed by atoms with E-state index in [1.807, 2.05) is 54.6 Å². The first kappa shape index (κ1) is 18.1. The van der Waals surface area contributed by atoms with E-state index in [-0.39, 0.29) is 11.7 Å². The number of hydrogen-bond acceptors (Lipinski definition) is 3. The van der Waals surface area contributed by atoms with Crippen molar-refractivity contribution in [2.75, 3.05) is 12.0 Å². The number of methoxy groups -OCH3 is 1. The van der Waals surface area contributed by atoms with Crippen LogP contribution < -0.4 is 9.64 Å². The lowest BCUT2D eigenvalue weighted by Gasteiger charge is -2.26. The summed E-state index contributed by atoms with van der Waals surface area (Å²) in [5, 5.41) is 7.30. The van der Waals surface area contributed by atoms with Crippen LogP contribution in [0.15, 0.2) is 78.9 Å². The molecule has 4 aromatic rings. The number of rotatable bonds is 4. The Morgan fingerprint density at radius 3 is 2.37 bits per heavy atom. The Hall–Kier alpha value is -3.93. The fourth-order valence-corrected chi connectivity index (χ4v) is 3.96. The Kier molecular flexibility index (Phi) is 4.32. The van der Waals surface area contributed by atoms with Gasteiger partial charge in [-0.1, -0.05) is 36.4 Å². The molecule has 1 amide bonds. The van der Waals surface area contributed by atoms with Crippen molar-refractivity contribution >= 4 is 11.6 Å². The third-order valence-corrected chi connectivity index (χ3v) is 5.37. The van der Waals surface area contributed by atoms with Crippen molar-refractivity contribution in [1.29, 1.82) is 0 Å². The number of carbonyl (C=O) groups is 1. The molecule has 1 atom stereocenters. The number of hydrogen-bond donors (Lipinski definition) is 1. The van der Waals surface area contributed by atoms with E-state index in [2.05, 4.69) is 10.2 Å². The van der Waals surface area contributed by atoms with Gasteiger partial charge in [0.2, 0.25) is 0 Å². The number of nitrogens with zero attached hydrogens (tertiary/aromatic N) is 2. The molecule has 0 spiro atoms. The van der Waals surface area contributed by atoms with Gasteiger partial charge < -0.3 is 4.74 Å². The van der Waals surface area contributed by atoms with E-state index < -0.39 is 6.04 Å². The molecule has 1 aliphatic rings. The number of carbonyl (C=O) groups excluding carboxylic acids is 1. The van der Waals surface area contributed by atoms with Gasteiger partial charge in [-0.3, -0.25) is 14.8 Å². The summed E-state index contributed by atoms with van der Waals surface area (Å²) in [4.78, 5) is 15.0. The van der Waals surface area contributed by atoms with Crippen LogP contribution in [-0.4, -0.2) is 23.2 Å². The van der Waals surface area contributed by atoms with Crippen molar-refractivity contribution < 1.29 is 13.9 Å². The smallest absolute Gasteiger partial charge is 0.277 e. The number of H-pyrrole nitrogens is 1. The summed E-state index contributed by atoms with van der Waals surface area (Å²) in [6.07, 6.45) is 0. The summed E-state index contributed by atoms with van der Waals surface area (Å²) in [5.74, 6) is 0.112. The van der Waals surface area contributed by atoms with Crippen molar-refractivity contribution in [2.24, 2.45) is 0 Å². The lowest BCUT2D eigenvalue weighted by atomic mass is 9.95. The lowest BCUT2D eigenvalue weighted by molar-refractivity contribution is 0.0988. The molecule has 0 saturated carbocycles. The Balaban J connectivity index is 1.72. The summed E-state index contributed by atoms with van der Waals surface area (Å²) in [7, 11) is 1.60. The Morgan fingerprint density at radius 2 is 1.67 bits per heavy atom. The predicted molar refractivity (Wildman–Crippen MR) is 112 cm³/mol. The molecule has 5 rings (SSSR count). The third-order valence-electron chi connectivity index (χ3n) is 5.37. The average molecular weight is 399 g/mol. The van der Waals surface area contributed by atoms with Crippen molar-refractivity contribution in [1.82, 2.24) is 10.2 Å². The molecule has 148 valence electrons. The van der Waals surface area contributed by atoms with E-state index in [4.69, 9.17) is 4.74 Å². The highest BCUT2D eigenvalue weighted by molar-refractivity contribution is 6.11. The first-order valence-corrected chi connectivity index (χ1v) is 9.54. The zero-order valence-electron chi connectivity index (χ0n) is 16.2. The normalized spacial score (nSPS) is 15.3. The van der Waals surface area contributed by atoms with Gasteiger partial charge in [0.15, 0.2) is 0 Å². The highest BCUT2D eigenvalue weighted by Gasteiger charge is 2.43. The number of para-hydroxylation sites is 1. The van der Waals surface area contributed by atoms with Crippen LogP contribution >= 0.6 is 0 Å². The van der Waals surface area contributed by atoms with Crippen LogP contribution in [0.2, 0.25) is 0 Å². The molecule has 0 radical (unpaired) electrons. The zero-order valence-corrected chi connectivity index (χ0v) is 16.2. The number of amides is 1. The van der Waals surface area contributed by atoms with Crippen LogP contribution in [0.4, 0.5) is 10.1 Å². The molecule has 0 bridgehead atoms. The van der Waals surface area contributed by atoms with Crippen molar-refractivity contribution in [2.45, 2.75) is 6.04 Å². The molecule has 0 saturated heterocycles. The number of aromatic nitrogens is 2. The summed E-state index contributed by atoms with van der Waals surface area (Å²) >= 11 is 0. The van der Waals surface area contributed by atoms with Crippen LogP contribution in [-0.2, 0) is 0 Å². The van der Waals surface area contributed by atoms with Gasteiger partial charge in [-0.25, -0.2) is 4.39 Å². The number of fused-ring (bicyclic) bond motifs is 1. The van der Waals surface area contributed by atoms with Crippen LogP contribution in [0.5, 0.6) is 5.75 Å². The van der Waals surface area contributed by atoms with Crippen LogP contribution in [0.1, 0.15) is 27.7 Å². The molecule has 0 fully saturated rings. The van der Waals surface area contributed by atoms with E-state index in [0.717, 1.165) is 11.3 Å². The minimum atomic E-state index is -0.632. The minimum absolute atomic E-state index is 0.239. The number of ether oxygens (including phenoxy) is 1. The fourth-order valence-electron chi connectivity index (χ4n) is 3.96. The second-order valence-corrected chi connectivity index (χ2v) is 7.02. The molecule has 1 aliphatic heterocycles. The van der Waals surface area contributed by atoms with Gasteiger partial charge in [0.05, 0.1) is 18.8 Å². The van der Waals surface area contributed by atoms with Gasteiger partial charge in [0.1, 0.15) is 17.3 Å². The maximum absolute atomic E-state index is 14.9. The molecule has 5 nitrogen and oxygen atoms in total. The zero-order chi connectivity index (χ0) is 20.7. The molecule has 1 N–H and O–H groups in total. The van der Waals surface area contributed by atoms with Gasteiger partial charge in [-0.2, -0.15) is 5.10 Å². The molecule has 1 aromatic heterocycles. The molecule has 2 heterocycles. The van der Waals surface area contributed by atoms with Crippen molar-refractivity contribution in [3.05, 3.63) is 102 Å². The predicted octanol–water partition coefficient (Wildman–Crippen LogP) is 4.97. The van der Waals surface area contributed by atoms with Crippen LogP contribution in [0.25, 0.3) is 11.3 Å². The average Bonchev–Trinajstić information content (AvgIpc) is 3.34. The van der Waals surface area contributed by atoms with E-state index in [9.17, 15) is 9.18 Å². The second-order valence-electron chi connectivity index (χ2n) is 7.02. The molecule has 0 aliphatic carbocycles. The first-order valence-electron chi connectivity index (χ1n) is 9.54. The molecule has 1 unspecified atom stereocenters. The van der Waals surface area contributed by atoms with E-state index >= 15 is 0 Å². The molecule has 6 heteroatoms. The van der Waals surface area contributed by atoms with Gasteiger partial charge >= 0.3 is 0 Å². The highest BCUT2D eigenvalue weighted by atomic mass is 19.1. The lowest BCUT2D eigenvalue weighted by Crippen LogP contribution is -2.29. The third kappa shape index (κ3) is 2.76. The summed E-state index contributed by atoms with van der Waals surface area (Å²) < 4.78 is 20.1. The number of nitrogens with one attached hydrogen (secondary N) is 1. The van der Waals surface area contributed by atoms with E-state index in [1.165, 1.54) is 6.07 Å². The second kappa shape index (κ2) is 7.15. The van der Waals surface area contributed by atoms with Gasteiger partial charge in [0.25, 0.3) is 5.91 Å². The Labute approximate surface area is 172 Å². The molecular weight excluding hydrogens is 381 g/mol. The Morgan fingerprint density at radius 1 is 0.967 bits per heavy atom. The summed E-state index contributed by atoms with van der Waals surface area (Å²) in [5.41, 5.74) is 3.59. The maximum atomic E-state index is 14.9. The van der Waals surface area contributed by atoms with Crippen LogP contribution in [0.3, 0.4) is 0 Å². The number of aromatic amines is 1. The topological polar surface area (TPSA) is 58.2 Å². The van der Waals surface area contributed by atoms with Crippen LogP contribution in [0, 0.1) is 5.82 Å². The summed E-state index contributed by atoms with van der Waals surface area (Å²) in [6, 6.07) is 22.6. The molecular formula is C24H18FN3O2. The van der Waals surface area contributed by atoms with Gasteiger partial charge in [-0.05, 0) is 42.5 Å². The van der Waals surface area contributed by atoms with Gasteiger partial charge in [0, 0.05) is 22.4 Å².